The first-order valence-electron chi connectivity index (χ1n) is 12.1. The Balaban J connectivity index is 2.25. The minimum absolute atomic E-state index is 0.0355. The Morgan fingerprint density at radius 2 is 1.50 bits per heavy atom. The van der Waals surface area contributed by atoms with Gasteiger partial charge < -0.3 is 28.3 Å². The monoisotopic (exact) mass is 590 g/mol. The molecule has 11 nitrogen and oxygen atoms in total. The number of carbonyl (C=O) groups is 4. The number of nitrogens with zero attached hydrogens (tertiary/aromatic N) is 2. The third-order valence-electron chi connectivity index (χ3n) is 5.92. The number of ether oxygens (including phenoxy) is 5. The summed E-state index contributed by atoms with van der Waals surface area (Å²) in [5.41, 5.74) is 1.83. The molecule has 0 radical (unpaired) electrons. The van der Waals surface area contributed by atoms with Gasteiger partial charge >= 0.3 is 23.9 Å². The summed E-state index contributed by atoms with van der Waals surface area (Å²) in [5.74, 6) is -2.90. The van der Waals surface area contributed by atoms with Crippen LogP contribution in [0, 0.1) is 22.9 Å². The van der Waals surface area contributed by atoms with E-state index < -0.39 is 61.1 Å². The van der Waals surface area contributed by atoms with Crippen LogP contribution in [0.25, 0.3) is 11.1 Å². The van der Waals surface area contributed by atoms with Crippen LogP contribution >= 0.6 is 23.8 Å². The molecule has 0 N–H and O–H groups in total. The fourth-order valence-electron chi connectivity index (χ4n) is 4.44. The molecule has 1 aromatic carbocycles. The van der Waals surface area contributed by atoms with E-state index in [1.54, 1.807) is 37.3 Å². The van der Waals surface area contributed by atoms with Crippen LogP contribution in [-0.2, 0) is 42.9 Å². The number of rotatable bonds is 7. The molecule has 3 rings (SSSR count). The third kappa shape index (κ3) is 7.04. The van der Waals surface area contributed by atoms with Crippen molar-refractivity contribution in [1.29, 1.82) is 5.26 Å². The third-order valence-corrected chi connectivity index (χ3v) is 6.58. The predicted octanol–water partition coefficient (Wildman–Crippen LogP) is 3.97. The van der Waals surface area contributed by atoms with Gasteiger partial charge in [0, 0.05) is 44.0 Å². The highest BCUT2D eigenvalue weighted by Gasteiger charge is 2.53. The lowest BCUT2D eigenvalue weighted by atomic mass is 9.96. The Labute approximate surface area is 240 Å². The van der Waals surface area contributed by atoms with Gasteiger partial charge in [0.05, 0.1) is 5.56 Å². The lowest BCUT2D eigenvalue weighted by Crippen LogP contribution is -2.60. The Morgan fingerprint density at radius 1 is 0.950 bits per heavy atom. The van der Waals surface area contributed by atoms with E-state index in [9.17, 15) is 24.4 Å². The molecule has 13 heteroatoms. The molecular weight excluding hydrogens is 564 g/mol. The summed E-state index contributed by atoms with van der Waals surface area (Å²) < 4.78 is 29.3. The van der Waals surface area contributed by atoms with Gasteiger partial charge in [-0.2, -0.15) is 5.26 Å². The van der Waals surface area contributed by atoms with Crippen molar-refractivity contribution in [3.8, 4) is 17.2 Å². The summed E-state index contributed by atoms with van der Waals surface area (Å²) in [6.45, 7) is 5.90. The molecule has 0 unspecified atom stereocenters. The molecule has 1 aromatic heterocycles. The van der Waals surface area contributed by atoms with Crippen molar-refractivity contribution in [3.63, 3.8) is 0 Å². The second-order valence-electron chi connectivity index (χ2n) is 8.96. The van der Waals surface area contributed by atoms with Crippen LogP contribution in [0.3, 0.4) is 0 Å². The topological polar surface area (TPSA) is 143 Å². The second-order valence-corrected chi connectivity index (χ2v) is 9.78. The summed E-state index contributed by atoms with van der Waals surface area (Å²) in [4.78, 5) is 48.0. The molecule has 1 aliphatic rings. The van der Waals surface area contributed by atoms with Crippen LogP contribution in [-0.4, -0.2) is 59.5 Å². The highest BCUT2D eigenvalue weighted by atomic mass is 35.5. The average molecular weight is 591 g/mol. The number of carbonyl (C=O) groups excluding carboxylic acids is 4. The molecule has 0 bridgehead atoms. The molecule has 0 aliphatic carbocycles. The van der Waals surface area contributed by atoms with Crippen LogP contribution in [0.1, 0.15) is 45.2 Å². The number of esters is 4. The number of pyridine rings is 1. The van der Waals surface area contributed by atoms with Crippen molar-refractivity contribution in [2.24, 2.45) is 0 Å². The zero-order valence-electron chi connectivity index (χ0n) is 22.3. The molecule has 1 fully saturated rings. The van der Waals surface area contributed by atoms with Crippen LogP contribution in [0.2, 0.25) is 5.02 Å². The highest BCUT2D eigenvalue weighted by molar-refractivity contribution is 7.71. The Morgan fingerprint density at radius 3 is 2.02 bits per heavy atom. The average Bonchev–Trinajstić information content (AvgIpc) is 2.85. The number of aryl methyl sites for hydroxylation is 1. The van der Waals surface area contributed by atoms with E-state index in [0.29, 0.717) is 21.8 Å². The van der Waals surface area contributed by atoms with Gasteiger partial charge in [0.25, 0.3) is 0 Å². The van der Waals surface area contributed by atoms with Crippen LogP contribution < -0.4 is 0 Å². The number of benzene rings is 1. The van der Waals surface area contributed by atoms with Crippen molar-refractivity contribution < 1.29 is 42.9 Å². The van der Waals surface area contributed by atoms with Crippen LogP contribution in [0.15, 0.2) is 30.3 Å². The molecular formula is C27H27ClN2O9S. The maximum atomic E-state index is 12.2. The SMILES string of the molecule is CC(=O)OC[C@@H]1O[C@@H](n2c(C)cc(-c3ccc(Cl)cc3)c(C#N)c2=S)[C@@H](OC(C)=O)[C@H](OC(C)=O)[C@@H]1OC(C)=O. The fourth-order valence-corrected chi connectivity index (χ4v) is 4.97. The standard InChI is InChI=1S/C27H27ClN2O9S/c1-13-10-20(18-6-8-19(28)9-7-18)21(11-29)27(40)30(13)26-25(38-17(5)34)24(37-16(4)33)23(36-15(3)32)22(39-26)12-35-14(2)31/h6-10,22-26H,12H2,1-5H3/t22-,23+,24+,25-,26+/m0/s1. The van der Waals surface area contributed by atoms with E-state index in [4.69, 9.17) is 47.5 Å². The van der Waals surface area contributed by atoms with Gasteiger partial charge in [0.15, 0.2) is 24.5 Å². The van der Waals surface area contributed by atoms with Crippen molar-refractivity contribution >= 4 is 47.7 Å². The minimum atomic E-state index is -1.38. The minimum Gasteiger partial charge on any atom is -0.463 e. The largest absolute Gasteiger partial charge is 0.463 e. The molecule has 0 spiro atoms. The van der Waals surface area contributed by atoms with Crippen molar-refractivity contribution in [3.05, 3.63) is 51.3 Å². The first-order chi connectivity index (χ1) is 18.8. The predicted molar refractivity (Wildman–Crippen MR) is 142 cm³/mol. The number of aromatic nitrogens is 1. The normalized spacial score (nSPS) is 22.0. The van der Waals surface area contributed by atoms with Gasteiger partial charge in [0.1, 0.15) is 23.4 Å². The molecule has 0 amide bonds. The number of nitriles is 1. The lowest BCUT2D eigenvalue weighted by Gasteiger charge is -2.45. The lowest BCUT2D eigenvalue weighted by molar-refractivity contribution is -0.269. The van der Waals surface area contributed by atoms with E-state index in [2.05, 4.69) is 6.07 Å². The van der Waals surface area contributed by atoms with Gasteiger partial charge in [-0.15, -0.1) is 0 Å². The number of halogens is 1. The summed E-state index contributed by atoms with van der Waals surface area (Å²) in [5, 5.41) is 10.6. The van der Waals surface area contributed by atoms with E-state index in [0.717, 1.165) is 20.8 Å². The summed E-state index contributed by atoms with van der Waals surface area (Å²) >= 11 is 11.8. The molecule has 212 valence electrons. The number of hydrogen-bond acceptors (Lipinski definition) is 11. The van der Waals surface area contributed by atoms with Crippen LogP contribution in [0.4, 0.5) is 0 Å². The van der Waals surface area contributed by atoms with Crippen molar-refractivity contribution in [1.82, 2.24) is 4.57 Å². The first kappa shape index (κ1) is 30.7. The van der Waals surface area contributed by atoms with Gasteiger partial charge in [-0.05, 0) is 30.7 Å². The fraction of sp³-hybridized carbons (Fsp3) is 0.407. The molecule has 2 aromatic rings. The zero-order valence-corrected chi connectivity index (χ0v) is 23.9. The molecule has 40 heavy (non-hydrogen) atoms. The van der Waals surface area contributed by atoms with E-state index in [-0.39, 0.29) is 10.2 Å². The Hall–Kier alpha value is -3.79. The molecule has 2 heterocycles. The summed E-state index contributed by atoms with van der Waals surface area (Å²) in [6, 6.07) is 10.7. The second kappa shape index (κ2) is 13.0. The van der Waals surface area contributed by atoms with Gasteiger partial charge in [-0.25, -0.2) is 0 Å². The Kier molecular flexibility index (Phi) is 10.0. The van der Waals surface area contributed by atoms with Gasteiger partial charge in [-0.3, -0.25) is 19.2 Å². The van der Waals surface area contributed by atoms with Crippen LogP contribution in [0.5, 0.6) is 0 Å². The van der Waals surface area contributed by atoms with E-state index in [1.165, 1.54) is 11.5 Å². The van der Waals surface area contributed by atoms with E-state index >= 15 is 0 Å². The highest BCUT2D eigenvalue weighted by Crippen LogP contribution is 2.37. The van der Waals surface area contributed by atoms with Gasteiger partial charge in [0.2, 0.25) is 0 Å². The summed E-state index contributed by atoms with van der Waals surface area (Å²) in [6.07, 6.45) is -6.53. The van der Waals surface area contributed by atoms with Crippen molar-refractivity contribution in [2.75, 3.05) is 6.61 Å². The molecule has 5 atom stereocenters. The molecule has 1 aliphatic heterocycles. The smallest absolute Gasteiger partial charge is 0.303 e. The first-order valence-corrected chi connectivity index (χ1v) is 12.8. The maximum Gasteiger partial charge on any atom is 0.303 e. The molecule has 1 saturated heterocycles. The molecule has 0 saturated carbocycles. The number of hydrogen-bond donors (Lipinski definition) is 0. The zero-order chi connectivity index (χ0) is 29.7. The van der Waals surface area contributed by atoms with Gasteiger partial charge in [-0.1, -0.05) is 36.0 Å². The van der Waals surface area contributed by atoms with Crippen molar-refractivity contribution in [2.45, 2.75) is 65.3 Å². The summed E-state index contributed by atoms with van der Waals surface area (Å²) in [7, 11) is 0. The quantitative estimate of drug-likeness (QED) is 0.262. The maximum absolute atomic E-state index is 12.2. The van der Waals surface area contributed by atoms with E-state index in [1.807, 2.05) is 0 Å². The Bertz CT molecular complexity index is 1420.